The normalized spacial score (nSPS) is 18.1. The van der Waals surface area contributed by atoms with Crippen molar-refractivity contribution in [3.05, 3.63) is 33.5 Å². The van der Waals surface area contributed by atoms with Crippen LogP contribution in [0.5, 0.6) is 0 Å². The van der Waals surface area contributed by atoms with Crippen molar-refractivity contribution in [2.24, 2.45) is 4.99 Å². The maximum atomic E-state index is 11.0. The quantitative estimate of drug-likeness (QED) is 0.372. The molecule has 1 amide bonds. The molecule has 0 bridgehead atoms. The van der Waals surface area contributed by atoms with E-state index in [4.69, 9.17) is 5.11 Å². The predicted octanol–water partition coefficient (Wildman–Crippen LogP) is -0.231. The van der Waals surface area contributed by atoms with Crippen LogP contribution in [-0.2, 0) is 9.59 Å². The van der Waals surface area contributed by atoms with Crippen LogP contribution in [-0.4, -0.2) is 28.1 Å². The number of aliphatic carboxylic acids is 1. The third-order valence-corrected chi connectivity index (χ3v) is 1.42. The fourth-order valence-corrected chi connectivity index (χ4v) is 0.871. The Morgan fingerprint density at radius 2 is 2.29 bits per heavy atom. The minimum atomic E-state index is -1.40. The molecule has 0 atom stereocenters. The molecule has 72 valence electrons. The van der Waals surface area contributed by atoms with Crippen LogP contribution in [0.1, 0.15) is 0 Å². The SMILES string of the molecule is O=C(O)C1=CC=NC(=O)/C1=C/[N+](=O)[O-]. The lowest BCUT2D eigenvalue weighted by atomic mass is 10.1. The predicted molar refractivity (Wildman–Crippen MR) is 44.3 cm³/mol. The van der Waals surface area contributed by atoms with Gasteiger partial charge in [-0.15, -0.1) is 0 Å². The second-order valence-corrected chi connectivity index (χ2v) is 2.30. The van der Waals surface area contributed by atoms with Gasteiger partial charge in [-0.1, -0.05) is 0 Å². The number of allylic oxidation sites excluding steroid dienone is 1. The number of carbonyl (C=O) groups is 2. The lowest BCUT2D eigenvalue weighted by Crippen LogP contribution is -2.15. The molecule has 0 unspecified atom stereocenters. The zero-order chi connectivity index (χ0) is 10.7. The number of nitrogens with zero attached hydrogens (tertiary/aromatic N) is 2. The van der Waals surface area contributed by atoms with Crippen molar-refractivity contribution in [3.63, 3.8) is 0 Å². The Labute approximate surface area is 77.2 Å². The molecule has 0 aromatic rings. The van der Waals surface area contributed by atoms with E-state index >= 15 is 0 Å². The van der Waals surface area contributed by atoms with Crippen molar-refractivity contribution < 1.29 is 19.6 Å². The molecule has 0 aliphatic carbocycles. The Morgan fingerprint density at radius 3 is 2.79 bits per heavy atom. The van der Waals surface area contributed by atoms with E-state index in [2.05, 4.69) is 4.99 Å². The number of nitro groups is 1. The van der Waals surface area contributed by atoms with Crippen molar-refractivity contribution in [2.75, 3.05) is 0 Å². The van der Waals surface area contributed by atoms with Crippen molar-refractivity contribution in [2.45, 2.75) is 0 Å². The van der Waals surface area contributed by atoms with E-state index in [9.17, 15) is 19.7 Å². The standard InChI is InChI=1S/C7H4N2O5/c10-6-5(3-9(13)14)4(7(11)12)1-2-8-6/h1-3H,(H,11,12)/b5-3+. The van der Waals surface area contributed by atoms with Gasteiger partial charge >= 0.3 is 5.97 Å². The highest BCUT2D eigenvalue weighted by molar-refractivity contribution is 6.15. The molecule has 1 aliphatic heterocycles. The monoisotopic (exact) mass is 196 g/mol. The van der Waals surface area contributed by atoms with Gasteiger partial charge in [-0.3, -0.25) is 14.9 Å². The molecular formula is C7H4N2O5. The minimum absolute atomic E-state index is 0.332. The summed E-state index contributed by atoms with van der Waals surface area (Å²) in [5.41, 5.74) is -0.952. The van der Waals surface area contributed by atoms with Crippen LogP contribution >= 0.6 is 0 Å². The first kappa shape index (κ1) is 9.78. The second kappa shape index (κ2) is 3.60. The van der Waals surface area contributed by atoms with Gasteiger partial charge in [0.1, 0.15) is 5.57 Å². The zero-order valence-corrected chi connectivity index (χ0v) is 6.71. The van der Waals surface area contributed by atoms with E-state index in [-0.39, 0.29) is 0 Å². The van der Waals surface area contributed by atoms with E-state index in [1.54, 1.807) is 0 Å². The van der Waals surface area contributed by atoms with Gasteiger partial charge in [0, 0.05) is 6.21 Å². The first-order chi connectivity index (χ1) is 6.52. The van der Waals surface area contributed by atoms with Crippen molar-refractivity contribution in [1.29, 1.82) is 0 Å². The van der Waals surface area contributed by atoms with Gasteiger partial charge in [0.05, 0.1) is 10.5 Å². The molecule has 0 saturated heterocycles. The van der Waals surface area contributed by atoms with Gasteiger partial charge in [0.25, 0.3) is 5.91 Å². The van der Waals surface area contributed by atoms with Crippen LogP contribution in [0.15, 0.2) is 28.4 Å². The highest BCUT2D eigenvalue weighted by atomic mass is 16.6. The van der Waals surface area contributed by atoms with Crippen molar-refractivity contribution in [3.8, 4) is 0 Å². The number of hydrogen-bond donors (Lipinski definition) is 1. The molecule has 1 rings (SSSR count). The van der Waals surface area contributed by atoms with Gasteiger partial charge in [-0.2, -0.15) is 0 Å². The van der Waals surface area contributed by atoms with Crippen LogP contribution in [0.2, 0.25) is 0 Å². The summed E-state index contributed by atoms with van der Waals surface area (Å²) in [5, 5.41) is 18.7. The summed E-state index contributed by atoms with van der Waals surface area (Å²) in [6.45, 7) is 0. The Kier molecular flexibility index (Phi) is 2.52. The van der Waals surface area contributed by atoms with Gasteiger partial charge < -0.3 is 5.11 Å². The topological polar surface area (TPSA) is 110 Å². The average molecular weight is 196 g/mol. The van der Waals surface area contributed by atoms with Crippen LogP contribution < -0.4 is 0 Å². The van der Waals surface area contributed by atoms with E-state index in [0.717, 1.165) is 12.3 Å². The number of amides is 1. The Hall–Kier alpha value is -2.31. The summed E-state index contributed by atoms with van der Waals surface area (Å²) >= 11 is 0. The lowest BCUT2D eigenvalue weighted by molar-refractivity contribution is -0.403. The summed E-state index contributed by atoms with van der Waals surface area (Å²) in [6.07, 6.45) is 2.35. The van der Waals surface area contributed by atoms with Crippen molar-refractivity contribution in [1.82, 2.24) is 0 Å². The molecule has 7 heteroatoms. The number of hydrogen-bond acceptors (Lipinski definition) is 4. The zero-order valence-electron chi connectivity index (χ0n) is 6.71. The largest absolute Gasteiger partial charge is 0.478 e. The van der Waals surface area contributed by atoms with Gasteiger partial charge in [-0.05, 0) is 6.08 Å². The third kappa shape index (κ3) is 1.89. The number of carboxylic acid groups (broad SMARTS) is 1. The molecule has 1 heterocycles. The second-order valence-electron chi connectivity index (χ2n) is 2.30. The first-order valence-corrected chi connectivity index (χ1v) is 3.40. The molecule has 0 aromatic heterocycles. The molecule has 0 radical (unpaired) electrons. The summed E-state index contributed by atoms with van der Waals surface area (Å²) < 4.78 is 0. The average Bonchev–Trinajstić information content (AvgIpc) is 2.07. The summed E-state index contributed by atoms with van der Waals surface area (Å²) in [7, 11) is 0. The maximum Gasteiger partial charge on any atom is 0.336 e. The molecule has 0 aromatic carbocycles. The fraction of sp³-hybridized carbons (Fsp3) is 0. The van der Waals surface area contributed by atoms with E-state index in [1.165, 1.54) is 0 Å². The minimum Gasteiger partial charge on any atom is -0.478 e. The number of carbonyl (C=O) groups excluding carboxylic acids is 1. The molecule has 0 spiro atoms. The molecular weight excluding hydrogens is 192 g/mol. The number of carboxylic acids is 1. The van der Waals surface area contributed by atoms with Crippen LogP contribution in [0.3, 0.4) is 0 Å². The van der Waals surface area contributed by atoms with Gasteiger partial charge in [-0.25, -0.2) is 9.79 Å². The lowest BCUT2D eigenvalue weighted by Gasteiger charge is -2.03. The van der Waals surface area contributed by atoms with Crippen LogP contribution in [0.25, 0.3) is 0 Å². The summed E-state index contributed by atoms with van der Waals surface area (Å²) in [6, 6.07) is 0. The van der Waals surface area contributed by atoms with E-state index < -0.39 is 27.9 Å². The van der Waals surface area contributed by atoms with E-state index in [1.807, 2.05) is 0 Å². The highest BCUT2D eigenvalue weighted by Gasteiger charge is 2.25. The Bertz CT molecular complexity index is 404. The van der Waals surface area contributed by atoms with Crippen molar-refractivity contribution >= 4 is 18.1 Å². The number of aliphatic imine (C=N–C) groups is 1. The smallest absolute Gasteiger partial charge is 0.336 e. The molecule has 1 aliphatic rings. The Balaban J connectivity index is 3.19. The van der Waals surface area contributed by atoms with Gasteiger partial charge in [0.2, 0.25) is 6.20 Å². The molecule has 14 heavy (non-hydrogen) atoms. The fourth-order valence-electron chi connectivity index (χ4n) is 0.871. The summed E-state index contributed by atoms with van der Waals surface area (Å²) in [4.78, 5) is 33.9. The molecule has 1 N–H and O–H groups in total. The van der Waals surface area contributed by atoms with E-state index in [0.29, 0.717) is 6.20 Å². The molecule has 0 saturated carbocycles. The maximum absolute atomic E-state index is 11.0. The first-order valence-electron chi connectivity index (χ1n) is 3.40. The molecule has 0 fully saturated rings. The molecule has 7 nitrogen and oxygen atoms in total. The number of dihydropyridines is 1. The van der Waals surface area contributed by atoms with Gasteiger partial charge in [0.15, 0.2) is 0 Å². The third-order valence-electron chi connectivity index (χ3n) is 1.42. The van der Waals surface area contributed by atoms with Crippen LogP contribution in [0.4, 0.5) is 0 Å². The Morgan fingerprint density at radius 1 is 1.64 bits per heavy atom. The summed E-state index contributed by atoms with van der Waals surface area (Å²) in [5.74, 6) is -2.33. The number of rotatable bonds is 2. The highest BCUT2D eigenvalue weighted by Crippen LogP contribution is 2.14. The van der Waals surface area contributed by atoms with Crippen LogP contribution in [0, 0.1) is 10.1 Å².